The van der Waals surface area contributed by atoms with Crippen LogP contribution >= 0.6 is 0 Å². The van der Waals surface area contributed by atoms with Crippen LogP contribution in [0.1, 0.15) is 25.3 Å². The van der Waals surface area contributed by atoms with Crippen LogP contribution < -0.4 is 5.56 Å². The molecule has 4 nitrogen and oxygen atoms in total. The molecule has 2 aromatic heterocycles. The molecule has 0 amide bonds. The van der Waals surface area contributed by atoms with Gasteiger partial charge in [0, 0.05) is 24.2 Å². The Bertz CT molecular complexity index is 531. The molecule has 0 aliphatic rings. The minimum atomic E-state index is -0.0296. The Morgan fingerprint density at radius 2 is 2.12 bits per heavy atom. The first-order valence-electron chi connectivity index (χ1n) is 5.18. The molecule has 0 aliphatic heterocycles. The molecule has 0 aliphatic carbocycles. The molecule has 0 atom stereocenters. The highest BCUT2D eigenvalue weighted by molar-refractivity contribution is 5.23. The molecular weight excluding hydrogens is 202 g/mol. The Hall–Kier alpha value is -1.97. The van der Waals surface area contributed by atoms with Crippen molar-refractivity contribution in [3.8, 4) is 5.82 Å². The molecule has 0 spiro atoms. The second-order valence-electron chi connectivity index (χ2n) is 3.86. The molecule has 2 heterocycles. The van der Waals surface area contributed by atoms with Gasteiger partial charge in [-0.1, -0.05) is 19.9 Å². The van der Waals surface area contributed by atoms with Gasteiger partial charge in [-0.2, -0.15) is 0 Å². The lowest BCUT2D eigenvalue weighted by Crippen LogP contribution is -2.22. The Kier molecular flexibility index (Phi) is 2.81. The number of rotatable bonds is 2. The van der Waals surface area contributed by atoms with Gasteiger partial charge in [0.1, 0.15) is 0 Å². The van der Waals surface area contributed by atoms with Crippen molar-refractivity contribution in [2.75, 3.05) is 0 Å². The van der Waals surface area contributed by atoms with E-state index in [-0.39, 0.29) is 11.5 Å². The van der Waals surface area contributed by atoms with E-state index in [1.165, 1.54) is 4.57 Å². The van der Waals surface area contributed by atoms with Gasteiger partial charge in [-0.15, -0.1) is 0 Å². The number of hydrogen-bond donors (Lipinski definition) is 0. The first-order chi connectivity index (χ1) is 7.70. The highest BCUT2D eigenvalue weighted by atomic mass is 16.1. The maximum atomic E-state index is 12.1. The fraction of sp³-hybridized carbons (Fsp3) is 0.250. The minimum Gasteiger partial charge on any atom is -0.269 e. The van der Waals surface area contributed by atoms with E-state index in [4.69, 9.17) is 0 Å². The molecule has 0 saturated heterocycles. The van der Waals surface area contributed by atoms with Crippen LogP contribution in [0.5, 0.6) is 0 Å². The van der Waals surface area contributed by atoms with Crippen LogP contribution in [-0.4, -0.2) is 14.5 Å². The summed E-state index contributed by atoms with van der Waals surface area (Å²) in [5.74, 6) is 0.756. The molecule has 2 rings (SSSR count). The van der Waals surface area contributed by atoms with E-state index >= 15 is 0 Å². The number of hydrogen-bond acceptors (Lipinski definition) is 3. The van der Waals surface area contributed by atoms with Crippen molar-refractivity contribution in [1.82, 2.24) is 14.5 Å². The largest absolute Gasteiger partial charge is 0.269 e. The van der Waals surface area contributed by atoms with Crippen LogP contribution in [0.25, 0.3) is 5.82 Å². The molecule has 0 unspecified atom stereocenters. The molecule has 4 heteroatoms. The third-order valence-electron chi connectivity index (χ3n) is 2.40. The molecule has 0 fully saturated rings. The topological polar surface area (TPSA) is 47.8 Å². The second kappa shape index (κ2) is 4.26. The highest BCUT2D eigenvalue weighted by Gasteiger charge is 2.08. The molecule has 0 saturated carbocycles. The molecule has 2 aromatic rings. The Morgan fingerprint density at radius 3 is 2.75 bits per heavy atom. The normalized spacial score (nSPS) is 10.7. The minimum absolute atomic E-state index is 0.0296. The van der Waals surface area contributed by atoms with E-state index in [2.05, 4.69) is 9.97 Å². The lowest BCUT2D eigenvalue weighted by atomic mass is 10.1. The summed E-state index contributed by atoms with van der Waals surface area (Å²) in [5, 5.41) is 0. The average Bonchev–Trinajstić information content (AvgIpc) is 2.30. The summed E-state index contributed by atoms with van der Waals surface area (Å²) in [6.07, 6.45) is 6.44. The molecule has 82 valence electrons. The van der Waals surface area contributed by atoms with Gasteiger partial charge in [-0.05, 0) is 12.0 Å². The second-order valence-corrected chi connectivity index (χ2v) is 3.86. The van der Waals surface area contributed by atoms with Crippen LogP contribution in [0, 0.1) is 0 Å². The summed E-state index contributed by atoms with van der Waals surface area (Å²) in [6, 6.07) is 3.70. The standard InChI is InChI=1S/C12H13N3O/c1-9(2)10-4-3-7-15(12(10)16)11-8-13-5-6-14-11/h3-9H,1-2H3. The zero-order valence-electron chi connectivity index (χ0n) is 9.29. The third kappa shape index (κ3) is 1.86. The molecule has 0 N–H and O–H groups in total. The van der Waals surface area contributed by atoms with Gasteiger partial charge in [-0.3, -0.25) is 14.3 Å². The predicted molar refractivity (Wildman–Crippen MR) is 61.7 cm³/mol. The average molecular weight is 215 g/mol. The van der Waals surface area contributed by atoms with E-state index in [9.17, 15) is 4.79 Å². The maximum Gasteiger partial charge on any atom is 0.259 e. The van der Waals surface area contributed by atoms with Gasteiger partial charge in [-0.25, -0.2) is 4.98 Å². The summed E-state index contributed by atoms with van der Waals surface area (Å²) >= 11 is 0. The van der Waals surface area contributed by atoms with E-state index in [0.717, 1.165) is 5.56 Å². The molecular formula is C12H13N3O. The van der Waals surface area contributed by atoms with Crippen molar-refractivity contribution in [2.24, 2.45) is 0 Å². The van der Waals surface area contributed by atoms with E-state index in [1.54, 1.807) is 24.8 Å². The van der Waals surface area contributed by atoms with Crippen molar-refractivity contribution in [1.29, 1.82) is 0 Å². The molecule has 0 radical (unpaired) electrons. The zero-order chi connectivity index (χ0) is 11.5. The van der Waals surface area contributed by atoms with Crippen molar-refractivity contribution in [3.63, 3.8) is 0 Å². The zero-order valence-corrected chi connectivity index (χ0v) is 9.29. The maximum absolute atomic E-state index is 12.1. The van der Waals surface area contributed by atoms with Gasteiger partial charge in [0.05, 0.1) is 6.20 Å². The predicted octanol–water partition coefficient (Wildman–Crippen LogP) is 1.75. The quantitative estimate of drug-likeness (QED) is 0.766. The van der Waals surface area contributed by atoms with E-state index in [0.29, 0.717) is 5.82 Å². The fourth-order valence-corrected chi connectivity index (χ4v) is 1.55. The number of aromatic nitrogens is 3. The summed E-state index contributed by atoms with van der Waals surface area (Å²) in [4.78, 5) is 20.2. The summed E-state index contributed by atoms with van der Waals surface area (Å²) in [5.41, 5.74) is 0.756. The van der Waals surface area contributed by atoms with Crippen molar-refractivity contribution in [3.05, 3.63) is 52.8 Å². The first-order valence-corrected chi connectivity index (χ1v) is 5.18. The Morgan fingerprint density at radius 1 is 1.31 bits per heavy atom. The van der Waals surface area contributed by atoms with Gasteiger partial charge in [0.15, 0.2) is 5.82 Å². The highest BCUT2D eigenvalue weighted by Crippen LogP contribution is 2.09. The SMILES string of the molecule is CC(C)c1cccn(-c2cnccn2)c1=O. The first kappa shape index (κ1) is 10.5. The third-order valence-corrected chi connectivity index (χ3v) is 2.40. The Labute approximate surface area is 93.6 Å². The van der Waals surface area contributed by atoms with Crippen LogP contribution in [0.3, 0.4) is 0 Å². The molecule has 0 aromatic carbocycles. The fourth-order valence-electron chi connectivity index (χ4n) is 1.55. The van der Waals surface area contributed by atoms with Crippen molar-refractivity contribution < 1.29 is 0 Å². The summed E-state index contributed by atoms with van der Waals surface area (Å²) < 4.78 is 1.52. The lowest BCUT2D eigenvalue weighted by Gasteiger charge is -2.08. The lowest BCUT2D eigenvalue weighted by molar-refractivity contribution is 0.810. The van der Waals surface area contributed by atoms with Crippen molar-refractivity contribution >= 4 is 0 Å². The smallest absolute Gasteiger partial charge is 0.259 e. The van der Waals surface area contributed by atoms with Gasteiger partial charge >= 0.3 is 0 Å². The van der Waals surface area contributed by atoms with Crippen LogP contribution in [0.4, 0.5) is 0 Å². The van der Waals surface area contributed by atoms with Gasteiger partial charge in [0.2, 0.25) is 0 Å². The van der Waals surface area contributed by atoms with Crippen LogP contribution in [0.15, 0.2) is 41.7 Å². The van der Waals surface area contributed by atoms with Gasteiger partial charge in [0.25, 0.3) is 5.56 Å². The van der Waals surface area contributed by atoms with E-state index < -0.39 is 0 Å². The number of nitrogens with zero attached hydrogens (tertiary/aromatic N) is 3. The van der Waals surface area contributed by atoms with E-state index in [1.807, 2.05) is 26.0 Å². The van der Waals surface area contributed by atoms with Gasteiger partial charge < -0.3 is 0 Å². The molecule has 0 bridgehead atoms. The Balaban J connectivity index is 2.60. The monoisotopic (exact) mass is 215 g/mol. The summed E-state index contributed by atoms with van der Waals surface area (Å²) in [7, 11) is 0. The summed E-state index contributed by atoms with van der Waals surface area (Å²) in [6.45, 7) is 4.00. The van der Waals surface area contributed by atoms with Crippen LogP contribution in [0.2, 0.25) is 0 Å². The van der Waals surface area contributed by atoms with Crippen LogP contribution in [-0.2, 0) is 0 Å². The number of pyridine rings is 1. The molecule has 16 heavy (non-hydrogen) atoms. The van der Waals surface area contributed by atoms with Crippen molar-refractivity contribution in [2.45, 2.75) is 19.8 Å².